The van der Waals surface area contributed by atoms with E-state index in [-0.39, 0.29) is 4.90 Å². The molecule has 0 aliphatic carbocycles. The molecule has 4 rings (SSSR count). The van der Waals surface area contributed by atoms with E-state index in [1.54, 1.807) is 48.7 Å². The molecule has 0 aliphatic heterocycles. The van der Waals surface area contributed by atoms with Crippen LogP contribution in [0.5, 0.6) is 0 Å². The van der Waals surface area contributed by atoms with Gasteiger partial charge in [0.25, 0.3) is 10.0 Å². The summed E-state index contributed by atoms with van der Waals surface area (Å²) in [4.78, 5) is 4.73. The van der Waals surface area contributed by atoms with E-state index in [2.05, 4.69) is 9.71 Å². The minimum Gasteiger partial charge on any atom is -0.279 e. The van der Waals surface area contributed by atoms with E-state index in [1.165, 1.54) is 0 Å². The second-order valence-electron chi connectivity index (χ2n) is 5.88. The van der Waals surface area contributed by atoms with E-state index in [4.69, 9.17) is 0 Å². The van der Waals surface area contributed by atoms with Crippen molar-refractivity contribution in [3.05, 3.63) is 91.1 Å². The van der Waals surface area contributed by atoms with Crippen molar-refractivity contribution in [3.8, 4) is 11.3 Å². The highest BCUT2D eigenvalue weighted by atomic mass is 32.2. The molecule has 26 heavy (non-hydrogen) atoms. The molecule has 0 fully saturated rings. The van der Waals surface area contributed by atoms with Gasteiger partial charge in [-0.25, -0.2) is 8.42 Å². The first-order chi connectivity index (χ1) is 12.6. The van der Waals surface area contributed by atoms with Crippen molar-refractivity contribution in [2.75, 3.05) is 4.72 Å². The first kappa shape index (κ1) is 16.3. The molecule has 0 radical (unpaired) electrons. The molecule has 0 saturated carbocycles. The fourth-order valence-electron chi connectivity index (χ4n) is 2.83. The zero-order valence-electron chi connectivity index (χ0n) is 13.8. The van der Waals surface area contributed by atoms with Crippen LogP contribution in [0.25, 0.3) is 22.0 Å². The van der Waals surface area contributed by atoms with Crippen LogP contribution >= 0.6 is 0 Å². The Labute approximate surface area is 152 Å². The van der Waals surface area contributed by atoms with Gasteiger partial charge in [-0.1, -0.05) is 60.7 Å². The number of anilines is 1. The largest absolute Gasteiger partial charge is 0.279 e. The SMILES string of the molecule is O=S(=O)(Nc1ccccc1-c1cc2ccccc2cn1)c1ccccc1. The average molecular weight is 360 g/mol. The Hall–Kier alpha value is -3.18. The molecule has 1 N–H and O–H groups in total. The number of sulfonamides is 1. The highest BCUT2D eigenvalue weighted by Gasteiger charge is 2.16. The summed E-state index contributed by atoms with van der Waals surface area (Å²) in [5.74, 6) is 0. The first-order valence-corrected chi connectivity index (χ1v) is 9.64. The van der Waals surface area contributed by atoms with E-state index >= 15 is 0 Å². The highest BCUT2D eigenvalue weighted by Crippen LogP contribution is 2.30. The lowest BCUT2D eigenvalue weighted by Crippen LogP contribution is -2.13. The number of hydrogen-bond donors (Lipinski definition) is 1. The zero-order chi connectivity index (χ0) is 18.0. The lowest BCUT2D eigenvalue weighted by atomic mass is 10.1. The summed E-state index contributed by atoms with van der Waals surface area (Å²) in [6.07, 6.45) is 1.80. The third kappa shape index (κ3) is 3.17. The van der Waals surface area contributed by atoms with Gasteiger partial charge in [0.2, 0.25) is 0 Å². The summed E-state index contributed by atoms with van der Waals surface area (Å²) in [5, 5.41) is 2.09. The summed E-state index contributed by atoms with van der Waals surface area (Å²) >= 11 is 0. The minimum atomic E-state index is -3.66. The molecule has 0 atom stereocenters. The van der Waals surface area contributed by atoms with E-state index < -0.39 is 10.0 Å². The van der Waals surface area contributed by atoms with Crippen molar-refractivity contribution in [1.29, 1.82) is 0 Å². The smallest absolute Gasteiger partial charge is 0.261 e. The summed E-state index contributed by atoms with van der Waals surface area (Å²) < 4.78 is 28.0. The van der Waals surface area contributed by atoms with Crippen LogP contribution in [-0.4, -0.2) is 13.4 Å². The van der Waals surface area contributed by atoms with Gasteiger partial charge in [0.15, 0.2) is 0 Å². The molecule has 1 aromatic heterocycles. The molecule has 0 unspecified atom stereocenters. The molecular weight excluding hydrogens is 344 g/mol. The number of para-hydroxylation sites is 1. The predicted molar refractivity (Wildman–Crippen MR) is 104 cm³/mol. The van der Waals surface area contributed by atoms with Crippen LogP contribution in [0.2, 0.25) is 0 Å². The van der Waals surface area contributed by atoms with Gasteiger partial charge < -0.3 is 0 Å². The Morgan fingerprint density at radius 3 is 2.19 bits per heavy atom. The molecule has 0 spiro atoms. The standard InChI is InChI=1S/C21H16N2O2S/c24-26(25,18-10-2-1-3-11-18)23-20-13-7-6-12-19(20)21-14-16-8-4-5-9-17(16)15-22-21/h1-15,23H. The monoisotopic (exact) mass is 360 g/mol. The van der Waals surface area contributed by atoms with E-state index in [0.717, 1.165) is 22.0 Å². The average Bonchev–Trinajstić information content (AvgIpc) is 2.68. The van der Waals surface area contributed by atoms with Crippen molar-refractivity contribution in [3.63, 3.8) is 0 Å². The van der Waals surface area contributed by atoms with Gasteiger partial charge in [0.05, 0.1) is 16.3 Å². The van der Waals surface area contributed by atoms with Crippen LogP contribution in [0.4, 0.5) is 5.69 Å². The molecular formula is C21H16N2O2S. The Bertz CT molecular complexity index is 1170. The lowest BCUT2D eigenvalue weighted by Gasteiger charge is -2.13. The van der Waals surface area contributed by atoms with Gasteiger partial charge in [-0.15, -0.1) is 0 Å². The molecule has 0 amide bonds. The van der Waals surface area contributed by atoms with E-state index in [0.29, 0.717) is 5.69 Å². The van der Waals surface area contributed by atoms with Crippen molar-refractivity contribution in [2.24, 2.45) is 0 Å². The third-order valence-electron chi connectivity index (χ3n) is 4.13. The van der Waals surface area contributed by atoms with Crippen molar-refractivity contribution in [2.45, 2.75) is 4.90 Å². The Balaban J connectivity index is 1.77. The van der Waals surface area contributed by atoms with E-state index in [9.17, 15) is 8.42 Å². The number of benzene rings is 3. The number of aromatic nitrogens is 1. The van der Waals surface area contributed by atoms with Crippen LogP contribution in [0.3, 0.4) is 0 Å². The molecule has 3 aromatic carbocycles. The second-order valence-corrected chi connectivity index (χ2v) is 7.56. The van der Waals surface area contributed by atoms with Gasteiger partial charge in [-0.2, -0.15) is 0 Å². The highest BCUT2D eigenvalue weighted by molar-refractivity contribution is 7.92. The van der Waals surface area contributed by atoms with E-state index in [1.807, 2.05) is 42.5 Å². The fraction of sp³-hybridized carbons (Fsp3) is 0. The Kier molecular flexibility index (Phi) is 4.14. The summed E-state index contributed by atoms with van der Waals surface area (Å²) in [6, 6.07) is 25.5. The molecule has 0 aliphatic rings. The number of fused-ring (bicyclic) bond motifs is 1. The Morgan fingerprint density at radius 2 is 1.38 bits per heavy atom. The summed E-state index contributed by atoms with van der Waals surface area (Å²) in [5.41, 5.74) is 1.95. The maximum Gasteiger partial charge on any atom is 0.261 e. The second kappa shape index (κ2) is 6.61. The van der Waals surface area contributed by atoms with Gasteiger partial charge in [0, 0.05) is 17.1 Å². The lowest BCUT2D eigenvalue weighted by molar-refractivity contribution is 0.601. The molecule has 1 heterocycles. The zero-order valence-corrected chi connectivity index (χ0v) is 14.6. The number of rotatable bonds is 4. The van der Waals surface area contributed by atoms with Crippen LogP contribution < -0.4 is 4.72 Å². The quantitative estimate of drug-likeness (QED) is 0.574. The molecule has 0 bridgehead atoms. The maximum absolute atomic E-state index is 12.7. The fourth-order valence-corrected chi connectivity index (χ4v) is 3.93. The van der Waals surface area contributed by atoms with Crippen LogP contribution in [0.1, 0.15) is 0 Å². The normalized spacial score (nSPS) is 11.4. The van der Waals surface area contributed by atoms with Gasteiger partial charge >= 0.3 is 0 Å². The predicted octanol–water partition coefficient (Wildman–Crippen LogP) is 4.70. The maximum atomic E-state index is 12.7. The van der Waals surface area contributed by atoms with Gasteiger partial charge in [0.1, 0.15) is 0 Å². The molecule has 5 heteroatoms. The van der Waals surface area contributed by atoms with Crippen LogP contribution in [0, 0.1) is 0 Å². The molecule has 4 aromatic rings. The topological polar surface area (TPSA) is 59.1 Å². The van der Waals surface area contributed by atoms with Crippen molar-refractivity contribution < 1.29 is 8.42 Å². The Morgan fingerprint density at radius 1 is 0.731 bits per heavy atom. The van der Waals surface area contributed by atoms with Crippen molar-refractivity contribution in [1.82, 2.24) is 4.98 Å². The van der Waals surface area contributed by atoms with Crippen LogP contribution in [0.15, 0.2) is 96.0 Å². The summed E-state index contributed by atoms with van der Waals surface area (Å²) in [7, 11) is -3.66. The first-order valence-electron chi connectivity index (χ1n) is 8.15. The molecule has 0 saturated heterocycles. The number of hydrogen-bond acceptors (Lipinski definition) is 3. The summed E-state index contributed by atoms with van der Waals surface area (Å²) in [6.45, 7) is 0. The minimum absolute atomic E-state index is 0.223. The third-order valence-corrected chi connectivity index (χ3v) is 5.51. The van der Waals surface area contributed by atoms with Gasteiger partial charge in [-0.05, 0) is 29.7 Å². The molecule has 4 nitrogen and oxygen atoms in total. The number of nitrogens with zero attached hydrogens (tertiary/aromatic N) is 1. The van der Waals surface area contributed by atoms with Crippen LogP contribution in [-0.2, 0) is 10.0 Å². The van der Waals surface area contributed by atoms with Gasteiger partial charge in [-0.3, -0.25) is 9.71 Å². The number of nitrogens with one attached hydrogen (secondary N) is 1. The molecule has 128 valence electrons. The number of pyridine rings is 1. The van der Waals surface area contributed by atoms with Crippen molar-refractivity contribution >= 4 is 26.5 Å².